The number of nitrogens with zero attached hydrogens (tertiary/aromatic N) is 2. The van der Waals surface area contributed by atoms with Crippen molar-refractivity contribution in [3.05, 3.63) is 87.0 Å². The van der Waals surface area contributed by atoms with Crippen LogP contribution < -0.4 is 31.4 Å². The molecule has 0 spiro atoms. The first-order valence-corrected chi connectivity index (χ1v) is 12.4. The number of methoxy groups -OCH3 is 2. The molecule has 0 unspecified atom stereocenters. The fourth-order valence-corrected chi connectivity index (χ4v) is 4.28. The molecule has 2 aromatic carbocycles. The molecule has 2 heterocycles. The number of anilines is 1. The summed E-state index contributed by atoms with van der Waals surface area (Å²) >= 11 is 0. The zero-order valence-corrected chi connectivity index (χ0v) is 22.0. The molecule has 0 aliphatic carbocycles. The molecule has 39 heavy (non-hydrogen) atoms. The fourth-order valence-electron chi connectivity index (χ4n) is 4.28. The largest absolute Gasteiger partial charge is 0.493 e. The number of nitrogens with one attached hydrogen (secondary N) is 2. The van der Waals surface area contributed by atoms with E-state index >= 15 is 0 Å². The Hall–Kier alpha value is -4.80. The minimum atomic E-state index is -0.725. The summed E-state index contributed by atoms with van der Waals surface area (Å²) in [5.74, 6) is 0.340. The van der Waals surface area contributed by atoms with E-state index in [0.717, 1.165) is 10.1 Å². The number of furan rings is 1. The number of ether oxygens (including phenoxy) is 2. The maximum Gasteiger partial charge on any atom is 0.331 e. The van der Waals surface area contributed by atoms with Gasteiger partial charge in [0.2, 0.25) is 11.8 Å². The first-order valence-electron chi connectivity index (χ1n) is 12.4. The number of benzene rings is 2. The molecular weight excluding hydrogens is 504 g/mol. The van der Waals surface area contributed by atoms with E-state index in [0.29, 0.717) is 23.6 Å². The molecule has 4 aromatic rings. The smallest absolute Gasteiger partial charge is 0.331 e. The summed E-state index contributed by atoms with van der Waals surface area (Å²) in [6.45, 7) is 1.60. The minimum absolute atomic E-state index is 0.134. The molecule has 0 saturated carbocycles. The van der Waals surface area contributed by atoms with E-state index in [1.54, 1.807) is 18.2 Å². The Morgan fingerprint density at radius 3 is 2.38 bits per heavy atom. The second-order valence-electron chi connectivity index (χ2n) is 8.71. The number of carbonyl (C=O) groups is 2. The monoisotopic (exact) mass is 534 g/mol. The van der Waals surface area contributed by atoms with Crippen LogP contribution in [-0.4, -0.2) is 35.2 Å². The van der Waals surface area contributed by atoms with E-state index in [2.05, 4.69) is 10.6 Å². The Bertz CT molecular complexity index is 1600. The summed E-state index contributed by atoms with van der Waals surface area (Å²) in [5, 5.41) is 5.69. The lowest BCUT2D eigenvalue weighted by Crippen LogP contribution is -2.42. The highest BCUT2D eigenvalue weighted by Crippen LogP contribution is 2.30. The third-order valence-electron chi connectivity index (χ3n) is 6.31. The van der Waals surface area contributed by atoms with Crippen LogP contribution in [0.4, 0.5) is 5.69 Å². The first kappa shape index (κ1) is 27.2. The maximum atomic E-state index is 13.6. The van der Waals surface area contributed by atoms with Gasteiger partial charge in [-0.1, -0.05) is 25.1 Å². The standard InChI is InChI=1S/C28H30N4O7/c1-4-18-8-5-6-10-21(18)30-26(34)17-32-22-15-24(38-3)23(37-2)14-20(22)27(35)31(28(32)36)12-11-25(33)29-16-19-9-7-13-39-19/h5-10,13-15H,4,11-12,16-17H2,1-3H3,(H,29,33)(H,30,34). The van der Waals surface area contributed by atoms with Gasteiger partial charge in [-0.15, -0.1) is 0 Å². The predicted octanol–water partition coefficient (Wildman–Crippen LogP) is 2.68. The van der Waals surface area contributed by atoms with Crippen molar-refractivity contribution in [1.82, 2.24) is 14.5 Å². The van der Waals surface area contributed by atoms with E-state index in [1.165, 1.54) is 37.2 Å². The molecule has 0 aliphatic heterocycles. The number of aryl methyl sites for hydroxylation is 1. The molecule has 0 saturated heterocycles. The molecule has 11 heteroatoms. The molecule has 4 rings (SSSR count). The van der Waals surface area contributed by atoms with Crippen molar-refractivity contribution in [3.8, 4) is 11.5 Å². The van der Waals surface area contributed by atoms with Gasteiger partial charge in [-0.05, 0) is 36.2 Å². The van der Waals surface area contributed by atoms with Crippen molar-refractivity contribution in [3.63, 3.8) is 0 Å². The van der Waals surface area contributed by atoms with Crippen molar-refractivity contribution in [1.29, 1.82) is 0 Å². The van der Waals surface area contributed by atoms with Crippen LogP contribution in [-0.2, 0) is 35.6 Å². The van der Waals surface area contributed by atoms with Crippen molar-refractivity contribution >= 4 is 28.4 Å². The lowest BCUT2D eigenvalue weighted by molar-refractivity contribution is -0.121. The number of carbonyl (C=O) groups excluding carboxylic acids is 2. The molecule has 0 radical (unpaired) electrons. The van der Waals surface area contributed by atoms with Gasteiger partial charge in [0.05, 0.1) is 37.9 Å². The molecule has 0 aliphatic rings. The van der Waals surface area contributed by atoms with Crippen LogP contribution in [0.5, 0.6) is 11.5 Å². The third-order valence-corrected chi connectivity index (χ3v) is 6.31. The lowest BCUT2D eigenvalue weighted by atomic mass is 10.1. The van der Waals surface area contributed by atoms with E-state index in [1.807, 2.05) is 25.1 Å². The van der Waals surface area contributed by atoms with Crippen molar-refractivity contribution in [2.75, 3.05) is 19.5 Å². The highest BCUT2D eigenvalue weighted by atomic mass is 16.5. The average molecular weight is 535 g/mol. The number of hydrogen-bond acceptors (Lipinski definition) is 7. The zero-order valence-electron chi connectivity index (χ0n) is 22.0. The van der Waals surface area contributed by atoms with Gasteiger partial charge in [0.25, 0.3) is 5.56 Å². The summed E-state index contributed by atoms with van der Waals surface area (Å²) in [5.41, 5.74) is 0.462. The average Bonchev–Trinajstić information content (AvgIpc) is 3.47. The maximum absolute atomic E-state index is 13.6. The summed E-state index contributed by atoms with van der Waals surface area (Å²) in [4.78, 5) is 52.5. The Labute approximate surface area is 224 Å². The minimum Gasteiger partial charge on any atom is -0.493 e. The summed E-state index contributed by atoms with van der Waals surface area (Å²) in [7, 11) is 2.86. The van der Waals surface area contributed by atoms with Crippen LogP contribution in [0.3, 0.4) is 0 Å². The second kappa shape index (κ2) is 12.2. The van der Waals surface area contributed by atoms with E-state index in [4.69, 9.17) is 13.9 Å². The van der Waals surface area contributed by atoms with Gasteiger partial charge < -0.3 is 24.5 Å². The van der Waals surface area contributed by atoms with Gasteiger partial charge in [0.15, 0.2) is 11.5 Å². The zero-order chi connectivity index (χ0) is 27.9. The number of rotatable bonds is 11. The number of para-hydroxylation sites is 1. The van der Waals surface area contributed by atoms with Crippen molar-refractivity contribution in [2.24, 2.45) is 0 Å². The van der Waals surface area contributed by atoms with Gasteiger partial charge in [-0.2, -0.15) is 0 Å². The molecule has 204 valence electrons. The van der Waals surface area contributed by atoms with E-state index in [-0.39, 0.29) is 48.6 Å². The summed E-state index contributed by atoms with van der Waals surface area (Å²) in [6, 6.07) is 13.8. The molecule has 0 fully saturated rings. The Morgan fingerprint density at radius 1 is 0.949 bits per heavy atom. The molecule has 2 aromatic heterocycles. The van der Waals surface area contributed by atoms with Gasteiger partial charge >= 0.3 is 5.69 Å². The van der Waals surface area contributed by atoms with Crippen molar-refractivity contribution in [2.45, 2.75) is 39.4 Å². The predicted molar refractivity (Wildman–Crippen MR) is 145 cm³/mol. The molecule has 2 N–H and O–H groups in total. The van der Waals surface area contributed by atoms with Gasteiger partial charge in [0.1, 0.15) is 12.3 Å². The number of aromatic nitrogens is 2. The highest BCUT2D eigenvalue weighted by Gasteiger charge is 2.20. The number of fused-ring (bicyclic) bond motifs is 1. The van der Waals surface area contributed by atoms with Crippen LogP contribution in [0.25, 0.3) is 10.9 Å². The quantitative estimate of drug-likeness (QED) is 0.302. The number of hydrogen-bond donors (Lipinski definition) is 2. The van der Waals surface area contributed by atoms with Crippen LogP contribution in [0.1, 0.15) is 24.7 Å². The normalized spacial score (nSPS) is 10.8. The first-order chi connectivity index (χ1) is 18.9. The fraction of sp³-hybridized carbons (Fsp3) is 0.286. The van der Waals surface area contributed by atoms with Crippen LogP contribution in [0.2, 0.25) is 0 Å². The molecule has 11 nitrogen and oxygen atoms in total. The van der Waals surface area contributed by atoms with Crippen LogP contribution in [0, 0.1) is 0 Å². The molecular formula is C28H30N4O7. The molecule has 0 bridgehead atoms. The highest BCUT2D eigenvalue weighted by molar-refractivity contribution is 5.92. The summed E-state index contributed by atoms with van der Waals surface area (Å²) < 4.78 is 18.1. The van der Waals surface area contributed by atoms with Gasteiger partial charge in [0, 0.05) is 24.7 Å². The van der Waals surface area contributed by atoms with E-state index in [9.17, 15) is 19.2 Å². The van der Waals surface area contributed by atoms with Crippen molar-refractivity contribution < 1.29 is 23.5 Å². The lowest BCUT2D eigenvalue weighted by Gasteiger charge is -2.17. The summed E-state index contributed by atoms with van der Waals surface area (Å²) in [6.07, 6.45) is 2.08. The Morgan fingerprint density at radius 2 is 1.69 bits per heavy atom. The van der Waals surface area contributed by atoms with Gasteiger partial charge in [-0.3, -0.25) is 23.5 Å². The van der Waals surface area contributed by atoms with Crippen LogP contribution in [0.15, 0.2) is 68.8 Å². The molecule has 2 amide bonds. The number of amides is 2. The SMILES string of the molecule is CCc1ccccc1NC(=O)Cn1c(=O)n(CCC(=O)NCc2ccco2)c(=O)c2cc(OC)c(OC)cc21. The van der Waals surface area contributed by atoms with Crippen LogP contribution >= 0.6 is 0 Å². The second-order valence-corrected chi connectivity index (χ2v) is 8.71. The third kappa shape index (κ3) is 6.03. The van der Waals surface area contributed by atoms with Gasteiger partial charge in [-0.25, -0.2) is 4.79 Å². The Balaban J connectivity index is 1.69. The topological polar surface area (TPSA) is 134 Å². The Kier molecular flexibility index (Phi) is 8.50. The molecule has 0 atom stereocenters. The van der Waals surface area contributed by atoms with E-state index < -0.39 is 17.2 Å².